The molecule has 0 fully saturated rings. The molecule has 0 heterocycles. The molecule has 0 unspecified atom stereocenters. The van der Waals surface area contributed by atoms with E-state index in [0.717, 1.165) is 10.6 Å². The molecule has 0 spiro atoms. The van der Waals surface area contributed by atoms with Crippen molar-refractivity contribution in [2.24, 2.45) is 0 Å². The minimum Gasteiger partial charge on any atom is -0.497 e. The van der Waals surface area contributed by atoms with E-state index in [1.165, 1.54) is 31.3 Å². The number of nitrogens with one attached hydrogen (secondary N) is 1. The van der Waals surface area contributed by atoms with Crippen LogP contribution in [0.3, 0.4) is 0 Å². The van der Waals surface area contributed by atoms with Gasteiger partial charge in [0.25, 0.3) is 0 Å². The largest absolute Gasteiger partial charge is 0.497 e. The summed E-state index contributed by atoms with van der Waals surface area (Å²) in [4.78, 5) is 28.0. The lowest BCUT2D eigenvalue weighted by molar-refractivity contribution is -0.140. The number of anilines is 1. The first-order valence-corrected chi connectivity index (χ1v) is 13.4. The van der Waals surface area contributed by atoms with Gasteiger partial charge in [-0.15, -0.1) is 0 Å². The third kappa shape index (κ3) is 7.76. The fourth-order valence-electron chi connectivity index (χ4n) is 3.45. The molecule has 0 saturated carbocycles. The molecule has 36 heavy (non-hydrogen) atoms. The summed E-state index contributed by atoms with van der Waals surface area (Å²) in [5.41, 5.74) is 0.259. The molecule has 2 amide bonds. The van der Waals surface area contributed by atoms with Crippen LogP contribution in [0.25, 0.3) is 0 Å². The van der Waals surface area contributed by atoms with Crippen LogP contribution in [-0.4, -0.2) is 63.7 Å². The standard InChI is InChI=1S/C25H34ClN3O6S/c1-17(24(31)27-25(2,3)4)28(15-18-10-8-9-11-20(18)26)23(30)16-29(36(7,32)33)21-13-12-19(34-5)14-22(21)35-6/h8-14,17H,15-16H2,1-7H3,(H,27,31)/t17-/m0/s1. The van der Waals surface area contributed by atoms with E-state index in [2.05, 4.69) is 5.32 Å². The zero-order valence-corrected chi connectivity index (χ0v) is 23.2. The van der Waals surface area contributed by atoms with Gasteiger partial charge in [0, 0.05) is 23.2 Å². The van der Waals surface area contributed by atoms with Crippen LogP contribution < -0.4 is 19.1 Å². The molecule has 1 atom stereocenters. The Hall–Kier alpha value is -2.98. The zero-order chi connectivity index (χ0) is 27.3. The number of carbonyl (C=O) groups is 2. The summed E-state index contributed by atoms with van der Waals surface area (Å²) in [5, 5.41) is 3.30. The number of sulfonamides is 1. The molecule has 0 bridgehead atoms. The van der Waals surface area contributed by atoms with Gasteiger partial charge in [-0.05, 0) is 51.5 Å². The Kier molecular flexibility index (Phi) is 9.62. The topological polar surface area (TPSA) is 105 Å². The quantitative estimate of drug-likeness (QED) is 0.496. The predicted molar refractivity (Wildman–Crippen MR) is 141 cm³/mol. The molecule has 0 radical (unpaired) electrons. The van der Waals surface area contributed by atoms with Crippen molar-refractivity contribution in [2.45, 2.75) is 45.8 Å². The normalized spacial score (nSPS) is 12.4. The Labute approximate surface area is 218 Å². The SMILES string of the molecule is COc1ccc(N(CC(=O)N(Cc2ccccc2Cl)[C@@H](C)C(=O)NC(C)(C)C)S(C)(=O)=O)c(OC)c1. The summed E-state index contributed by atoms with van der Waals surface area (Å²) in [6, 6.07) is 10.7. The van der Waals surface area contributed by atoms with Gasteiger partial charge < -0.3 is 19.7 Å². The van der Waals surface area contributed by atoms with Gasteiger partial charge in [-0.3, -0.25) is 13.9 Å². The van der Waals surface area contributed by atoms with Gasteiger partial charge in [0.05, 0.1) is 26.2 Å². The van der Waals surface area contributed by atoms with Crippen LogP contribution in [-0.2, 0) is 26.2 Å². The number of ether oxygens (including phenoxy) is 2. The molecule has 0 aliphatic rings. The van der Waals surface area contributed by atoms with Crippen LogP contribution in [0.15, 0.2) is 42.5 Å². The van der Waals surface area contributed by atoms with Crippen molar-refractivity contribution >= 4 is 39.1 Å². The van der Waals surface area contributed by atoms with Crippen molar-refractivity contribution in [1.82, 2.24) is 10.2 Å². The summed E-state index contributed by atoms with van der Waals surface area (Å²) in [7, 11) is -1.05. The van der Waals surface area contributed by atoms with Gasteiger partial charge in [0.15, 0.2) is 0 Å². The van der Waals surface area contributed by atoms with Gasteiger partial charge in [-0.25, -0.2) is 8.42 Å². The monoisotopic (exact) mass is 539 g/mol. The minimum absolute atomic E-state index is 0.00852. The summed E-state index contributed by atoms with van der Waals surface area (Å²) >= 11 is 6.33. The average molecular weight is 540 g/mol. The molecule has 0 aliphatic heterocycles. The summed E-state index contributed by atoms with van der Waals surface area (Å²) in [5.74, 6) is -0.294. The van der Waals surface area contributed by atoms with Crippen LogP contribution in [0, 0.1) is 0 Å². The minimum atomic E-state index is -3.92. The summed E-state index contributed by atoms with van der Waals surface area (Å²) in [6.07, 6.45) is 0.998. The number of amides is 2. The fraction of sp³-hybridized carbons (Fsp3) is 0.440. The van der Waals surface area contributed by atoms with E-state index in [4.69, 9.17) is 21.1 Å². The number of hydrogen-bond donors (Lipinski definition) is 1. The Morgan fingerprint density at radius 2 is 1.72 bits per heavy atom. The molecule has 0 aliphatic carbocycles. The van der Waals surface area contributed by atoms with Crippen LogP contribution in [0.5, 0.6) is 11.5 Å². The predicted octanol–water partition coefficient (Wildman–Crippen LogP) is 3.46. The average Bonchev–Trinajstić information content (AvgIpc) is 2.79. The molecule has 0 saturated heterocycles. The molecule has 9 nitrogen and oxygen atoms in total. The lowest BCUT2D eigenvalue weighted by atomic mass is 10.1. The number of rotatable bonds is 10. The van der Waals surface area contributed by atoms with Crippen LogP contribution in [0.2, 0.25) is 5.02 Å². The summed E-state index contributed by atoms with van der Waals surface area (Å²) in [6.45, 7) is 6.54. The van der Waals surface area contributed by atoms with Crippen molar-refractivity contribution < 1.29 is 27.5 Å². The molecular weight excluding hydrogens is 506 g/mol. The fourth-order valence-corrected chi connectivity index (χ4v) is 4.50. The van der Waals surface area contributed by atoms with Crippen molar-refractivity contribution in [3.05, 3.63) is 53.1 Å². The first kappa shape index (κ1) is 29.3. The van der Waals surface area contributed by atoms with Crippen LogP contribution >= 0.6 is 11.6 Å². The maximum atomic E-state index is 13.7. The van der Waals surface area contributed by atoms with E-state index in [-0.39, 0.29) is 23.9 Å². The highest BCUT2D eigenvalue weighted by molar-refractivity contribution is 7.92. The molecular formula is C25H34ClN3O6S. The second kappa shape index (κ2) is 11.8. The number of halogens is 1. The van der Waals surface area contributed by atoms with E-state index < -0.39 is 34.1 Å². The van der Waals surface area contributed by atoms with Crippen molar-refractivity contribution in [1.29, 1.82) is 0 Å². The molecule has 2 rings (SSSR count). The Morgan fingerprint density at radius 3 is 2.25 bits per heavy atom. The van der Waals surface area contributed by atoms with Gasteiger partial charge in [-0.2, -0.15) is 0 Å². The van der Waals surface area contributed by atoms with Crippen molar-refractivity contribution in [2.75, 3.05) is 31.3 Å². The van der Waals surface area contributed by atoms with Gasteiger partial charge >= 0.3 is 0 Å². The second-order valence-corrected chi connectivity index (χ2v) is 11.6. The highest BCUT2D eigenvalue weighted by Crippen LogP contribution is 2.33. The van der Waals surface area contributed by atoms with Gasteiger partial charge in [0.1, 0.15) is 24.1 Å². The first-order chi connectivity index (χ1) is 16.7. The van der Waals surface area contributed by atoms with Crippen LogP contribution in [0.4, 0.5) is 5.69 Å². The van der Waals surface area contributed by atoms with Gasteiger partial charge in [-0.1, -0.05) is 29.8 Å². The Bertz CT molecular complexity index is 1200. The lowest BCUT2D eigenvalue weighted by Gasteiger charge is -2.33. The molecule has 11 heteroatoms. The highest BCUT2D eigenvalue weighted by Gasteiger charge is 2.32. The molecule has 2 aromatic rings. The number of benzene rings is 2. The molecule has 198 valence electrons. The third-order valence-electron chi connectivity index (χ3n) is 5.30. The molecule has 2 aromatic carbocycles. The number of methoxy groups -OCH3 is 2. The number of nitrogens with zero attached hydrogens (tertiary/aromatic N) is 2. The van der Waals surface area contributed by atoms with Gasteiger partial charge in [0.2, 0.25) is 21.8 Å². The maximum Gasteiger partial charge on any atom is 0.244 e. The maximum absolute atomic E-state index is 13.7. The Balaban J connectivity index is 2.49. The third-order valence-corrected chi connectivity index (χ3v) is 6.79. The zero-order valence-electron chi connectivity index (χ0n) is 21.7. The highest BCUT2D eigenvalue weighted by atomic mass is 35.5. The van der Waals surface area contributed by atoms with Crippen molar-refractivity contribution in [3.63, 3.8) is 0 Å². The van der Waals surface area contributed by atoms with E-state index in [9.17, 15) is 18.0 Å². The summed E-state index contributed by atoms with van der Waals surface area (Å²) < 4.78 is 37.1. The second-order valence-electron chi connectivity index (χ2n) is 9.34. The van der Waals surface area contributed by atoms with Crippen molar-refractivity contribution in [3.8, 4) is 11.5 Å². The molecule has 0 aromatic heterocycles. The Morgan fingerprint density at radius 1 is 1.08 bits per heavy atom. The van der Waals surface area contributed by atoms with E-state index in [0.29, 0.717) is 16.3 Å². The van der Waals surface area contributed by atoms with E-state index >= 15 is 0 Å². The lowest BCUT2D eigenvalue weighted by Crippen LogP contribution is -2.54. The van der Waals surface area contributed by atoms with Crippen LogP contribution in [0.1, 0.15) is 33.3 Å². The molecule has 1 N–H and O–H groups in total. The number of carbonyl (C=O) groups excluding carboxylic acids is 2. The number of hydrogen-bond acceptors (Lipinski definition) is 6. The van der Waals surface area contributed by atoms with E-state index in [1.54, 1.807) is 37.3 Å². The van der Waals surface area contributed by atoms with E-state index in [1.807, 2.05) is 20.8 Å². The first-order valence-electron chi connectivity index (χ1n) is 11.2. The smallest absolute Gasteiger partial charge is 0.244 e.